The third-order valence-corrected chi connectivity index (χ3v) is 7.41. The van der Waals surface area contributed by atoms with Crippen LogP contribution < -0.4 is 5.53 Å². The minimum atomic E-state index is 0.404. The number of hydrogen-bond acceptors (Lipinski definition) is 6. The van der Waals surface area contributed by atoms with Gasteiger partial charge in [-0.2, -0.15) is 5.53 Å². The highest BCUT2D eigenvalue weighted by Crippen LogP contribution is 2.21. The fourth-order valence-electron chi connectivity index (χ4n) is 5.59. The first-order valence-corrected chi connectivity index (χ1v) is 13.6. The molecule has 1 saturated heterocycles. The Kier molecular flexibility index (Phi) is 6.42. The van der Waals surface area contributed by atoms with E-state index in [9.17, 15) is 0 Å². The maximum absolute atomic E-state index is 4.97. The van der Waals surface area contributed by atoms with Crippen LogP contribution in [-0.4, -0.2) is 38.1 Å². The van der Waals surface area contributed by atoms with Gasteiger partial charge >= 0.3 is 0 Å². The third kappa shape index (κ3) is 5.36. The van der Waals surface area contributed by atoms with E-state index in [1.165, 1.54) is 5.39 Å². The molecular weight excluding hydrogens is 480 g/mol. The average Bonchev–Trinajstić information content (AvgIpc) is 2.97. The molecule has 39 heavy (non-hydrogen) atoms. The van der Waals surface area contributed by atoms with E-state index < -0.39 is 0 Å². The van der Waals surface area contributed by atoms with Crippen LogP contribution in [-0.2, 0) is 19.5 Å². The summed E-state index contributed by atoms with van der Waals surface area (Å²) in [7, 11) is 0. The minimum absolute atomic E-state index is 0.404. The molecule has 1 N–H and O–H groups in total. The Labute approximate surface area is 227 Å². The predicted octanol–water partition coefficient (Wildman–Crippen LogP) is 5.93. The van der Waals surface area contributed by atoms with E-state index >= 15 is 0 Å². The predicted molar refractivity (Wildman–Crippen MR) is 156 cm³/mol. The van der Waals surface area contributed by atoms with E-state index in [1.54, 1.807) is 0 Å². The Hall–Kier alpha value is -4.23. The Bertz CT molecular complexity index is 1550. The molecule has 0 radical (unpaired) electrons. The van der Waals surface area contributed by atoms with E-state index in [0.29, 0.717) is 19.0 Å². The van der Waals surface area contributed by atoms with E-state index in [4.69, 9.17) is 15.0 Å². The number of benzene rings is 3. The summed E-state index contributed by atoms with van der Waals surface area (Å²) in [5, 5.41) is 8.08. The van der Waals surface area contributed by atoms with Gasteiger partial charge in [0.15, 0.2) is 0 Å². The standard InChI is InChI=1S/C33H30N6/c1-4-10-31-25(7-1)13-16-28(34-31)19-24-20-38(22-29-17-14-26-8-2-5-11-32(26)35-29)37-39(21-24)23-30-18-15-27-9-3-6-12-33(27)36-30/h1-18,24,37H,19-23H2. The molecule has 4 heterocycles. The van der Waals surface area contributed by atoms with Crippen molar-refractivity contribution in [2.45, 2.75) is 19.5 Å². The van der Waals surface area contributed by atoms with Gasteiger partial charge in [0.1, 0.15) is 0 Å². The highest BCUT2D eigenvalue weighted by Gasteiger charge is 2.27. The van der Waals surface area contributed by atoms with Gasteiger partial charge in [-0.15, -0.1) is 0 Å². The van der Waals surface area contributed by atoms with Crippen molar-refractivity contribution >= 4 is 32.7 Å². The van der Waals surface area contributed by atoms with Crippen LogP contribution in [0, 0.1) is 5.92 Å². The van der Waals surface area contributed by atoms with E-state index in [1.807, 2.05) is 12.1 Å². The number of hydrogen-bond donors (Lipinski definition) is 1. The Balaban J connectivity index is 1.14. The largest absolute Gasteiger partial charge is 0.253 e. The molecule has 0 saturated carbocycles. The quantitative estimate of drug-likeness (QED) is 0.300. The Morgan fingerprint density at radius 1 is 0.513 bits per heavy atom. The fourth-order valence-corrected chi connectivity index (χ4v) is 5.59. The summed E-state index contributed by atoms with van der Waals surface area (Å²) in [6.45, 7) is 3.25. The second kappa shape index (κ2) is 10.5. The summed E-state index contributed by atoms with van der Waals surface area (Å²) < 4.78 is 0. The normalized spacial score (nSPS) is 15.4. The van der Waals surface area contributed by atoms with Gasteiger partial charge in [0, 0.05) is 34.9 Å². The zero-order chi connectivity index (χ0) is 26.0. The van der Waals surface area contributed by atoms with E-state index in [0.717, 1.165) is 63.9 Å². The van der Waals surface area contributed by atoms with Crippen LogP contribution in [0.15, 0.2) is 109 Å². The lowest BCUT2D eigenvalue weighted by molar-refractivity contribution is -0.0552. The van der Waals surface area contributed by atoms with E-state index in [-0.39, 0.29) is 0 Å². The van der Waals surface area contributed by atoms with Crippen LogP contribution >= 0.6 is 0 Å². The van der Waals surface area contributed by atoms with Gasteiger partial charge in [0.25, 0.3) is 0 Å². The molecule has 3 aromatic heterocycles. The maximum Gasteiger partial charge on any atom is 0.0705 e. The first-order chi connectivity index (χ1) is 19.2. The van der Waals surface area contributed by atoms with Crippen molar-refractivity contribution in [3.63, 3.8) is 0 Å². The number of pyridine rings is 3. The fraction of sp³-hybridized carbons (Fsp3) is 0.182. The molecule has 0 spiro atoms. The second-order valence-corrected chi connectivity index (χ2v) is 10.4. The van der Waals surface area contributed by atoms with Crippen LogP contribution in [0.4, 0.5) is 0 Å². The second-order valence-electron chi connectivity index (χ2n) is 10.4. The number of rotatable bonds is 6. The molecule has 1 fully saturated rings. The molecular formula is C33H30N6. The number of aromatic nitrogens is 3. The number of para-hydroxylation sites is 3. The summed E-state index contributed by atoms with van der Waals surface area (Å²) in [6, 6.07) is 37.9. The monoisotopic (exact) mass is 510 g/mol. The summed E-state index contributed by atoms with van der Waals surface area (Å²) in [5.41, 5.74) is 10.0. The smallest absolute Gasteiger partial charge is 0.0705 e. The number of nitrogens with one attached hydrogen (secondary N) is 1. The summed E-state index contributed by atoms with van der Waals surface area (Å²) >= 11 is 0. The van der Waals surface area contributed by atoms with Gasteiger partial charge in [-0.25, -0.2) is 10.0 Å². The first-order valence-electron chi connectivity index (χ1n) is 13.6. The third-order valence-electron chi connectivity index (χ3n) is 7.41. The summed E-state index contributed by atoms with van der Waals surface area (Å²) in [6.07, 6.45) is 0.913. The SMILES string of the molecule is c1ccc2nc(CC3CN(Cc4ccc5ccccc5n4)NN(Cc4ccc5ccccc5n4)C3)ccc2c1. The van der Waals surface area contributed by atoms with Crippen LogP contribution in [0.5, 0.6) is 0 Å². The molecule has 7 rings (SSSR count). The Morgan fingerprint density at radius 3 is 1.41 bits per heavy atom. The lowest BCUT2D eigenvalue weighted by atomic mass is 10.0. The van der Waals surface area contributed by atoms with Gasteiger partial charge < -0.3 is 0 Å². The first kappa shape index (κ1) is 23.9. The minimum Gasteiger partial charge on any atom is -0.253 e. The van der Waals surface area contributed by atoms with Gasteiger partial charge in [0.05, 0.1) is 41.0 Å². The van der Waals surface area contributed by atoms with E-state index in [2.05, 4.69) is 113 Å². The highest BCUT2D eigenvalue weighted by molar-refractivity contribution is 5.79. The van der Waals surface area contributed by atoms with Gasteiger partial charge in [-0.05, 0) is 48.7 Å². The molecule has 1 aliphatic rings. The molecule has 0 bridgehead atoms. The van der Waals surface area contributed by atoms with Crippen LogP contribution in [0.1, 0.15) is 17.1 Å². The average molecular weight is 511 g/mol. The van der Waals surface area contributed by atoms with Gasteiger partial charge in [-0.1, -0.05) is 72.8 Å². The molecule has 3 aromatic carbocycles. The summed E-state index contributed by atoms with van der Waals surface area (Å²) in [5.74, 6) is 0.404. The molecule has 6 nitrogen and oxygen atoms in total. The molecule has 192 valence electrons. The molecule has 6 aromatic rings. The molecule has 1 aliphatic heterocycles. The lowest BCUT2D eigenvalue weighted by Gasteiger charge is -2.40. The van der Waals surface area contributed by atoms with Crippen LogP contribution in [0.3, 0.4) is 0 Å². The zero-order valence-corrected chi connectivity index (χ0v) is 21.7. The van der Waals surface area contributed by atoms with Crippen molar-refractivity contribution in [1.29, 1.82) is 0 Å². The van der Waals surface area contributed by atoms with Crippen LogP contribution in [0.2, 0.25) is 0 Å². The Morgan fingerprint density at radius 2 is 0.923 bits per heavy atom. The molecule has 0 amide bonds. The molecule has 0 atom stereocenters. The number of nitrogens with zero attached hydrogens (tertiary/aromatic N) is 5. The lowest BCUT2D eigenvalue weighted by Crippen LogP contribution is -2.58. The molecule has 0 aliphatic carbocycles. The topological polar surface area (TPSA) is 57.2 Å². The van der Waals surface area contributed by atoms with Crippen molar-refractivity contribution in [1.82, 2.24) is 30.5 Å². The van der Waals surface area contributed by atoms with Gasteiger partial charge in [-0.3, -0.25) is 15.0 Å². The van der Waals surface area contributed by atoms with Crippen molar-refractivity contribution in [3.8, 4) is 0 Å². The molecule has 0 unspecified atom stereocenters. The van der Waals surface area contributed by atoms with Crippen molar-refractivity contribution in [2.75, 3.05) is 13.1 Å². The van der Waals surface area contributed by atoms with Crippen molar-refractivity contribution in [3.05, 3.63) is 126 Å². The van der Waals surface area contributed by atoms with Gasteiger partial charge in [0.2, 0.25) is 0 Å². The zero-order valence-electron chi connectivity index (χ0n) is 21.7. The molecule has 6 heteroatoms. The number of hydrazine groups is 2. The summed E-state index contributed by atoms with van der Waals surface area (Å²) in [4.78, 5) is 14.8. The number of fused-ring (bicyclic) bond motifs is 3. The highest BCUT2D eigenvalue weighted by atomic mass is 15.8. The van der Waals surface area contributed by atoms with Crippen LogP contribution in [0.25, 0.3) is 32.7 Å². The van der Waals surface area contributed by atoms with Crippen molar-refractivity contribution < 1.29 is 0 Å². The maximum atomic E-state index is 4.97. The van der Waals surface area contributed by atoms with Crippen molar-refractivity contribution in [2.24, 2.45) is 5.92 Å².